The highest BCUT2D eigenvalue weighted by Gasteiger charge is 2.13. The molecule has 0 spiro atoms. The van der Waals surface area contributed by atoms with Gasteiger partial charge in [-0.3, -0.25) is 4.79 Å². The lowest BCUT2D eigenvalue weighted by molar-refractivity contribution is 0.103. The maximum Gasteiger partial charge on any atom is 0.265 e. The van der Waals surface area contributed by atoms with Gasteiger partial charge in [0, 0.05) is 10.2 Å². The molecule has 0 saturated carbocycles. The predicted octanol–water partition coefficient (Wildman–Crippen LogP) is 5.09. The fourth-order valence-corrected chi connectivity index (χ4v) is 3.52. The second-order valence-corrected chi connectivity index (χ2v) is 6.92. The lowest BCUT2D eigenvalue weighted by Gasteiger charge is -2.08. The molecule has 0 aliphatic rings. The van der Waals surface area contributed by atoms with Crippen LogP contribution >= 0.6 is 43.2 Å². The van der Waals surface area contributed by atoms with E-state index in [2.05, 4.69) is 44.1 Å². The minimum absolute atomic E-state index is 0.0766. The molecule has 5 heteroatoms. The summed E-state index contributed by atoms with van der Waals surface area (Å²) in [5.74, 6) is -0.0766. The Hall–Kier alpha value is -0.650. The summed E-state index contributed by atoms with van der Waals surface area (Å²) in [6.07, 6.45) is 0.897. The van der Waals surface area contributed by atoms with Crippen LogP contribution in [-0.2, 0) is 6.42 Å². The van der Waals surface area contributed by atoms with Crippen molar-refractivity contribution < 1.29 is 4.79 Å². The molecule has 1 aromatic heterocycles. The van der Waals surface area contributed by atoms with Gasteiger partial charge >= 0.3 is 0 Å². The van der Waals surface area contributed by atoms with E-state index < -0.39 is 0 Å². The summed E-state index contributed by atoms with van der Waals surface area (Å²) in [7, 11) is 0. The van der Waals surface area contributed by atoms with Gasteiger partial charge in [-0.15, -0.1) is 11.3 Å². The number of nitrogens with one attached hydrogen (secondary N) is 1. The Balaban J connectivity index is 2.21. The molecule has 0 saturated heterocycles. The molecule has 0 radical (unpaired) electrons. The summed E-state index contributed by atoms with van der Waals surface area (Å²) in [5, 5.41) is 2.95. The van der Waals surface area contributed by atoms with Gasteiger partial charge in [-0.25, -0.2) is 0 Å². The highest BCUT2D eigenvalue weighted by molar-refractivity contribution is 9.13. The van der Waals surface area contributed by atoms with Gasteiger partial charge in [0.1, 0.15) is 0 Å². The van der Waals surface area contributed by atoms with E-state index in [0.29, 0.717) is 4.88 Å². The van der Waals surface area contributed by atoms with E-state index in [1.165, 1.54) is 11.3 Å². The summed E-state index contributed by atoms with van der Waals surface area (Å²) in [6.45, 7) is 2.07. The number of carbonyl (C=O) groups is 1. The molecular formula is C13H11Br2NOS. The van der Waals surface area contributed by atoms with Crippen molar-refractivity contribution >= 4 is 54.8 Å². The first-order valence-electron chi connectivity index (χ1n) is 5.46. The number of thiophene rings is 1. The van der Waals surface area contributed by atoms with Crippen LogP contribution in [0.25, 0.3) is 0 Å². The Morgan fingerprint density at radius 2 is 2.06 bits per heavy atom. The van der Waals surface area contributed by atoms with Crippen LogP contribution in [0.1, 0.15) is 22.2 Å². The molecule has 2 rings (SSSR count). The monoisotopic (exact) mass is 387 g/mol. The van der Waals surface area contributed by atoms with Crippen molar-refractivity contribution in [1.29, 1.82) is 0 Å². The van der Waals surface area contributed by atoms with Crippen LogP contribution in [0, 0.1) is 0 Å². The molecule has 18 heavy (non-hydrogen) atoms. The van der Waals surface area contributed by atoms with Gasteiger partial charge in [0.05, 0.1) is 8.66 Å². The van der Waals surface area contributed by atoms with E-state index in [1.807, 2.05) is 30.3 Å². The maximum absolute atomic E-state index is 12.1. The molecule has 0 bridgehead atoms. The van der Waals surface area contributed by atoms with Crippen molar-refractivity contribution in [3.63, 3.8) is 0 Å². The van der Waals surface area contributed by atoms with E-state index in [9.17, 15) is 4.79 Å². The third-order valence-corrected chi connectivity index (χ3v) is 5.77. The van der Waals surface area contributed by atoms with Gasteiger partial charge in [0.15, 0.2) is 0 Å². The fraction of sp³-hybridized carbons (Fsp3) is 0.154. The summed E-state index contributed by atoms with van der Waals surface area (Å²) in [4.78, 5) is 12.8. The van der Waals surface area contributed by atoms with Crippen LogP contribution in [0.4, 0.5) is 5.69 Å². The lowest BCUT2D eigenvalue weighted by Crippen LogP contribution is -2.11. The molecule has 0 fully saturated rings. The van der Waals surface area contributed by atoms with Gasteiger partial charge in [-0.1, -0.05) is 25.1 Å². The largest absolute Gasteiger partial charge is 0.321 e. The first-order valence-corrected chi connectivity index (χ1v) is 7.86. The van der Waals surface area contributed by atoms with Gasteiger partial charge in [-0.2, -0.15) is 0 Å². The van der Waals surface area contributed by atoms with E-state index in [1.54, 1.807) is 0 Å². The number of hydrogen-bond acceptors (Lipinski definition) is 2. The average Bonchev–Trinajstić information content (AvgIpc) is 2.70. The molecule has 0 aliphatic carbocycles. The zero-order valence-corrected chi connectivity index (χ0v) is 13.7. The van der Waals surface area contributed by atoms with Crippen molar-refractivity contribution in [2.24, 2.45) is 0 Å². The number of amides is 1. The summed E-state index contributed by atoms with van der Waals surface area (Å²) >= 11 is 8.18. The van der Waals surface area contributed by atoms with Crippen molar-refractivity contribution in [1.82, 2.24) is 0 Å². The van der Waals surface area contributed by atoms with Crippen LogP contribution in [-0.4, -0.2) is 5.91 Å². The zero-order chi connectivity index (χ0) is 13.1. The number of halogens is 2. The van der Waals surface area contributed by atoms with Crippen LogP contribution in [0.5, 0.6) is 0 Å². The zero-order valence-electron chi connectivity index (χ0n) is 9.67. The Labute approximate surface area is 127 Å². The van der Waals surface area contributed by atoms with Gasteiger partial charge in [-0.05, 0) is 56.0 Å². The lowest BCUT2D eigenvalue weighted by atomic mass is 10.1. The SMILES string of the molecule is CCc1ccccc1NC(=O)c1cc(Br)c(Br)s1. The topological polar surface area (TPSA) is 29.1 Å². The fourth-order valence-electron chi connectivity index (χ4n) is 1.59. The van der Waals surface area contributed by atoms with Gasteiger partial charge < -0.3 is 5.32 Å². The van der Waals surface area contributed by atoms with E-state index in [0.717, 1.165) is 25.9 Å². The minimum atomic E-state index is -0.0766. The number of rotatable bonds is 3. The van der Waals surface area contributed by atoms with Gasteiger partial charge in [0.25, 0.3) is 5.91 Å². The van der Waals surface area contributed by atoms with Crippen molar-refractivity contribution in [2.45, 2.75) is 13.3 Å². The van der Waals surface area contributed by atoms with Crippen molar-refractivity contribution in [2.75, 3.05) is 5.32 Å². The second-order valence-electron chi connectivity index (χ2n) is 3.70. The van der Waals surface area contributed by atoms with E-state index >= 15 is 0 Å². The quantitative estimate of drug-likeness (QED) is 0.779. The number of benzene rings is 1. The molecule has 1 N–H and O–H groups in total. The predicted molar refractivity (Wildman–Crippen MR) is 83.5 cm³/mol. The van der Waals surface area contributed by atoms with Crippen molar-refractivity contribution in [3.8, 4) is 0 Å². The molecular weight excluding hydrogens is 378 g/mol. The molecule has 2 nitrogen and oxygen atoms in total. The van der Waals surface area contributed by atoms with E-state index in [-0.39, 0.29) is 5.91 Å². The summed E-state index contributed by atoms with van der Waals surface area (Å²) < 4.78 is 1.83. The number of para-hydroxylation sites is 1. The molecule has 94 valence electrons. The maximum atomic E-state index is 12.1. The number of anilines is 1. The Kier molecular flexibility index (Phi) is 4.59. The van der Waals surface area contributed by atoms with E-state index in [4.69, 9.17) is 0 Å². The van der Waals surface area contributed by atoms with Crippen LogP contribution < -0.4 is 5.32 Å². The standard InChI is InChI=1S/C13H11Br2NOS/c1-2-8-5-3-4-6-10(8)16-13(17)11-7-9(14)12(15)18-11/h3-7H,2H2,1H3,(H,16,17). The second kappa shape index (κ2) is 5.99. The summed E-state index contributed by atoms with van der Waals surface area (Å²) in [6, 6.07) is 9.67. The third-order valence-electron chi connectivity index (χ3n) is 2.52. The number of hydrogen-bond donors (Lipinski definition) is 1. The normalized spacial score (nSPS) is 10.4. The summed E-state index contributed by atoms with van der Waals surface area (Å²) in [5.41, 5.74) is 2.02. The molecule has 0 aliphatic heterocycles. The first kappa shape index (κ1) is 13.8. The third kappa shape index (κ3) is 3.02. The highest BCUT2D eigenvalue weighted by Crippen LogP contribution is 2.32. The molecule has 1 amide bonds. The van der Waals surface area contributed by atoms with Crippen LogP contribution in [0.2, 0.25) is 0 Å². The Bertz CT molecular complexity index is 561. The van der Waals surface area contributed by atoms with Crippen LogP contribution in [0.15, 0.2) is 38.6 Å². The molecule has 1 aromatic carbocycles. The van der Waals surface area contributed by atoms with Crippen LogP contribution in [0.3, 0.4) is 0 Å². The molecule has 0 atom stereocenters. The number of aryl methyl sites for hydroxylation is 1. The smallest absolute Gasteiger partial charge is 0.265 e. The molecule has 0 unspecified atom stereocenters. The molecule has 2 aromatic rings. The Morgan fingerprint density at radius 3 is 2.67 bits per heavy atom. The molecule has 1 heterocycles. The first-order chi connectivity index (χ1) is 8.61. The highest BCUT2D eigenvalue weighted by atomic mass is 79.9. The van der Waals surface area contributed by atoms with Crippen molar-refractivity contribution in [3.05, 3.63) is 49.0 Å². The Morgan fingerprint density at radius 1 is 1.33 bits per heavy atom. The number of carbonyl (C=O) groups excluding carboxylic acids is 1. The van der Waals surface area contributed by atoms with Gasteiger partial charge in [0.2, 0.25) is 0 Å². The minimum Gasteiger partial charge on any atom is -0.321 e. The average molecular weight is 389 g/mol.